The van der Waals surface area contributed by atoms with Crippen LogP contribution in [0.25, 0.3) is 0 Å². The van der Waals surface area contributed by atoms with Crippen LogP contribution in [0.3, 0.4) is 0 Å². The van der Waals surface area contributed by atoms with Crippen LogP contribution in [0.5, 0.6) is 0 Å². The Balaban J connectivity index is 1.76. The molecule has 3 heterocycles. The molecule has 1 saturated heterocycles. The Labute approximate surface area is 98.5 Å². The Morgan fingerprint density at radius 3 is 3.18 bits per heavy atom. The third-order valence-corrected chi connectivity index (χ3v) is 3.40. The van der Waals surface area contributed by atoms with Gasteiger partial charge in [-0.3, -0.25) is 4.79 Å². The van der Waals surface area contributed by atoms with Gasteiger partial charge in [0, 0.05) is 19.7 Å². The average Bonchev–Trinajstić information content (AvgIpc) is 2.96. The Kier molecular flexibility index (Phi) is 2.37. The fourth-order valence-corrected chi connectivity index (χ4v) is 2.30. The van der Waals surface area contributed by atoms with E-state index in [1.165, 1.54) is 0 Å². The van der Waals surface area contributed by atoms with E-state index >= 15 is 0 Å². The minimum absolute atomic E-state index is 0.0377. The molecule has 2 N–H and O–H groups in total. The van der Waals surface area contributed by atoms with Gasteiger partial charge in [-0.15, -0.1) is 10.2 Å². The molecule has 7 nitrogen and oxygen atoms in total. The molecule has 1 fully saturated rings. The molecule has 92 valence electrons. The van der Waals surface area contributed by atoms with Gasteiger partial charge in [0.05, 0.1) is 13.2 Å². The van der Waals surface area contributed by atoms with Crippen molar-refractivity contribution in [3.05, 3.63) is 12.2 Å². The number of rotatable bonds is 1. The SMILES string of the molecule is NC1(C(=O)N2CCn3cnnc3C2)CCOC1. The first-order chi connectivity index (χ1) is 8.19. The molecule has 2 aliphatic rings. The number of carbonyl (C=O) groups is 1. The molecule has 1 atom stereocenters. The number of nitrogens with zero attached hydrogens (tertiary/aromatic N) is 4. The van der Waals surface area contributed by atoms with E-state index in [9.17, 15) is 4.79 Å². The summed E-state index contributed by atoms with van der Waals surface area (Å²) in [7, 11) is 0. The van der Waals surface area contributed by atoms with Crippen LogP contribution in [0, 0.1) is 0 Å². The van der Waals surface area contributed by atoms with Crippen molar-refractivity contribution in [3.8, 4) is 0 Å². The van der Waals surface area contributed by atoms with E-state index in [1.807, 2.05) is 4.57 Å². The van der Waals surface area contributed by atoms with E-state index in [2.05, 4.69) is 10.2 Å². The quantitative estimate of drug-likeness (QED) is 0.658. The van der Waals surface area contributed by atoms with E-state index < -0.39 is 5.54 Å². The predicted molar refractivity (Wildman–Crippen MR) is 57.8 cm³/mol. The maximum absolute atomic E-state index is 12.3. The molecule has 7 heteroatoms. The van der Waals surface area contributed by atoms with Crippen molar-refractivity contribution in [2.45, 2.75) is 25.0 Å². The van der Waals surface area contributed by atoms with Gasteiger partial charge >= 0.3 is 0 Å². The summed E-state index contributed by atoms with van der Waals surface area (Å²) in [5.41, 5.74) is 5.22. The maximum Gasteiger partial charge on any atom is 0.245 e. The Hall–Kier alpha value is -1.47. The normalized spacial score (nSPS) is 28.2. The Morgan fingerprint density at radius 1 is 1.53 bits per heavy atom. The van der Waals surface area contributed by atoms with Crippen LogP contribution in [0.4, 0.5) is 0 Å². The van der Waals surface area contributed by atoms with E-state index in [1.54, 1.807) is 11.2 Å². The molecule has 0 spiro atoms. The molecule has 1 aromatic heterocycles. The van der Waals surface area contributed by atoms with Crippen LogP contribution in [-0.4, -0.2) is 50.9 Å². The van der Waals surface area contributed by atoms with E-state index in [4.69, 9.17) is 10.5 Å². The molecule has 3 rings (SSSR count). The highest BCUT2D eigenvalue weighted by Gasteiger charge is 2.41. The zero-order valence-corrected chi connectivity index (χ0v) is 9.50. The molecule has 0 bridgehead atoms. The van der Waals surface area contributed by atoms with Gasteiger partial charge in [0.15, 0.2) is 5.82 Å². The third-order valence-electron chi connectivity index (χ3n) is 3.40. The van der Waals surface area contributed by atoms with Crippen molar-refractivity contribution in [3.63, 3.8) is 0 Å². The number of ether oxygens (including phenoxy) is 1. The minimum Gasteiger partial charge on any atom is -0.379 e. The number of aromatic nitrogens is 3. The first-order valence-electron chi connectivity index (χ1n) is 5.72. The zero-order chi connectivity index (χ0) is 11.9. The fraction of sp³-hybridized carbons (Fsp3) is 0.700. The lowest BCUT2D eigenvalue weighted by molar-refractivity contribution is -0.138. The summed E-state index contributed by atoms with van der Waals surface area (Å²) in [6.07, 6.45) is 2.28. The van der Waals surface area contributed by atoms with E-state index in [0.717, 1.165) is 12.4 Å². The van der Waals surface area contributed by atoms with Crippen molar-refractivity contribution < 1.29 is 9.53 Å². The van der Waals surface area contributed by atoms with Gasteiger partial charge in [0.1, 0.15) is 11.9 Å². The summed E-state index contributed by atoms with van der Waals surface area (Å²) in [5.74, 6) is 0.774. The van der Waals surface area contributed by atoms with Crippen LogP contribution in [0.15, 0.2) is 6.33 Å². The first-order valence-corrected chi connectivity index (χ1v) is 5.72. The summed E-state index contributed by atoms with van der Waals surface area (Å²) in [6.45, 7) is 2.74. The predicted octanol–water partition coefficient (Wildman–Crippen LogP) is -1.26. The first kappa shape index (κ1) is 10.7. The van der Waals surface area contributed by atoms with Crippen molar-refractivity contribution >= 4 is 5.91 Å². The van der Waals surface area contributed by atoms with Gasteiger partial charge < -0.3 is 19.9 Å². The van der Waals surface area contributed by atoms with Gasteiger partial charge in [-0.1, -0.05) is 0 Å². The molecule has 0 radical (unpaired) electrons. The van der Waals surface area contributed by atoms with Crippen LogP contribution < -0.4 is 5.73 Å². The van der Waals surface area contributed by atoms with Crippen molar-refractivity contribution in [1.29, 1.82) is 0 Å². The largest absolute Gasteiger partial charge is 0.379 e. The highest BCUT2D eigenvalue weighted by Crippen LogP contribution is 2.21. The number of amides is 1. The number of carbonyl (C=O) groups excluding carboxylic acids is 1. The topological polar surface area (TPSA) is 86.3 Å². The molecule has 0 saturated carbocycles. The molecule has 1 unspecified atom stereocenters. The van der Waals surface area contributed by atoms with Gasteiger partial charge in [-0.2, -0.15) is 0 Å². The lowest BCUT2D eigenvalue weighted by Gasteiger charge is -2.33. The molecule has 2 aliphatic heterocycles. The average molecular weight is 237 g/mol. The second kappa shape index (κ2) is 3.78. The molecule has 0 aliphatic carbocycles. The molecule has 1 aromatic rings. The lowest BCUT2D eigenvalue weighted by atomic mass is 9.98. The maximum atomic E-state index is 12.3. The summed E-state index contributed by atoms with van der Waals surface area (Å²) in [6, 6.07) is 0. The van der Waals surface area contributed by atoms with Crippen molar-refractivity contribution in [2.75, 3.05) is 19.8 Å². The van der Waals surface area contributed by atoms with E-state index in [0.29, 0.717) is 32.7 Å². The second-order valence-corrected chi connectivity index (χ2v) is 4.63. The standard InChI is InChI=1S/C10H15N5O2/c11-10(1-4-17-6-10)9(16)14-2-3-15-7-12-13-8(15)5-14/h7H,1-6,11H2. The van der Waals surface area contributed by atoms with Gasteiger partial charge in [-0.05, 0) is 6.42 Å². The Bertz CT molecular complexity index is 438. The van der Waals surface area contributed by atoms with Crippen molar-refractivity contribution in [2.24, 2.45) is 5.73 Å². The number of fused-ring (bicyclic) bond motifs is 1. The third kappa shape index (κ3) is 1.71. The summed E-state index contributed by atoms with van der Waals surface area (Å²) in [5, 5.41) is 7.82. The van der Waals surface area contributed by atoms with E-state index in [-0.39, 0.29) is 5.91 Å². The number of hydrogen-bond acceptors (Lipinski definition) is 5. The summed E-state index contributed by atoms with van der Waals surface area (Å²) < 4.78 is 7.18. The highest BCUT2D eigenvalue weighted by molar-refractivity contribution is 5.86. The number of nitrogens with two attached hydrogens (primary N) is 1. The zero-order valence-electron chi connectivity index (χ0n) is 9.50. The van der Waals surface area contributed by atoms with Gasteiger partial charge in [0.2, 0.25) is 5.91 Å². The highest BCUT2D eigenvalue weighted by atomic mass is 16.5. The minimum atomic E-state index is -0.845. The monoisotopic (exact) mass is 237 g/mol. The lowest BCUT2D eigenvalue weighted by Crippen LogP contribution is -2.57. The van der Waals surface area contributed by atoms with Crippen LogP contribution >= 0.6 is 0 Å². The molecule has 17 heavy (non-hydrogen) atoms. The van der Waals surface area contributed by atoms with Crippen LogP contribution in [-0.2, 0) is 22.6 Å². The number of hydrogen-bond donors (Lipinski definition) is 1. The van der Waals surface area contributed by atoms with Gasteiger partial charge in [-0.25, -0.2) is 0 Å². The fourth-order valence-electron chi connectivity index (χ4n) is 2.30. The van der Waals surface area contributed by atoms with Crippen molar-refractivity contribution in [1.82, 2.24) is 19.7 Å². The summed E-state index contributed by atoms with van der Waals surface area (Å²) in [4.78, 5) is 14.1. The molecular formula is C10H15N5O2. The molecule has 1 amide bonds. The molecular weight excluding hydrogens is 222 g/mol. The smallest absolute Gasteiger partial charge is 0.245 e. The second-order valence-electron chi connectivity index (χ2n) is 4.63. The van der Waals surface area contributed by atoms with Gasteiger partial charge in [0.25, 0.3) is 0 Å². The summed E-state index contributed by atoms with van der Waals surface area (Å²) >= 11 is 0. The van der Waals surface area contributed by atoms with Crippen LogP contribution in [0.1, 0.15) is 12.2 Å². The van der Waals surface area contributed by atoms with Crippen LogP contribution in [0.2, 0.25) is 0 Å². The Morgan fingerprint density at radius 2 is 2.41 bits per heavy atom. The molecule has 0 aromatic carbocycles.